The van der Waals surface area contributed by atoms with Crippen LogP contribution in [0, 0.1) is 5.92 Å². The minimum atomic E-state index is -0.494. The first-order chi connectivity index (χ1) is 14.7. The Hall–Kier alpha value is -2.84. The number of fused-ring (bicyclic) bond motifs is 1. The second-order valence-electron chi connectivity index (χ2n) is 7.78. The zero-order valence-corrected chi connectivity index (χ0v) is 16.8. The third-order valence-electron chi connectivity index (χ3n) is 5.84. The van der Waals surface area contributed by atoms with Crippen LogP contribution in [-0.2, 0) is 14.3 Å². The van der Waals surface area contributed by atoms with Crippen LogP contribution in [0.5, 0.6) is 0 Å². The van der Waals surface area contributed by atoms with Gasteiger partial charge in [0.1, 0.15) is 12.4 Å². The van der Waals surface area contributed by atoms with Crippen molar-refractivity contribution in [2.75, 3.05) is 26.4 Å². The largest absolute Gasteiger partial charge is 0.491 e. The Morgan fingerprint density at radius 2 is 1.90 bits per heavy atom. The minimum absolute atomic E-state index is 0.0971. The number of nitrogens with one attached hydrogen (secondary N) is 2. The van der Waals surface area contributed by atoms with Crippen molar-refractivity contribution < 1.29 is 24.3 Å². The molecular formula is C22H27N3O5. The molecule has 8 nitrogen and oxygen atoms in total. The maximum atomic E-state index is 13.3. The summed E-state index contributed by atoms with van der Waals surface area (Å²) in [6, 6.07) is 9.52. The van der Waals surface area contributed by atoms with E-state index in [0.29, 0.717) is 31.9 Å². The molecule has 1 aliphatic carbocycles. The number of nitrogens with zero attached hydrogens (tertiary/aromatic N) is 1. The van der Waals surface area contributed by atoms with Crippen molar-refractivity contribution in [2.24, 2.45) is 5.92 Å². The highest BCUT2D eigenvalue weighted by Gasteiger charge is 2.34. The first kappa shape index (κ1) is 20.4. The van der Waals surface area contributed by atoms with Crippen LogP contribution in [0.2, 0.25) is 0 Å². The van der Waals surface area contributed by atoms with Gasteiger partial charge in [-0.1, -0.05) is 36.4 Å². The molecular weight excluding hydrogens is 386 g/mol. The van der Waals surface area contributed by atoms with Gasteiger partial charge in [-0.2, -0.15) is 0 Å². The summed E-state index contributed by atoms with van der Waals surface area (Å²) in [5.41, 5.74) is 3.56. The van der Waals surface area contributed by atoms with Gasteiger partial charge in [0.05, 0.1) is 18.5 Å². The average Bonchev–Trinajstić information content (AvgIpc) is 2.99. The summed E-state index contributed by atoms with van der Waals surface area (Å²) in [6.07, 6.45) is 5.69. The molecule has 0 radical (unpaired) electrons. The average molecular weight is 413 g/mol. The molecule has 2 saturated heterocycles. The van der Waals surface area contributed by atoms with Crippen LogP contribution in [0.15, 0.2) is 53.8 Å². The summed E-state index contributed by atoms with van der Waals surface area (Å²) in [4.78, 5) is 26.9. The summed E-state index contributed by atoms with van der Waals surface area (Å²) in [6.45, 7) is 1.97. The van der Waals surface area contributed by atoms with E-state index in [-0.39, 0.29) is 24.7 Å². The Balaban J connectivity index is 1.58. The molecule has 2 atom stereocenters. The highest BCUT2D eigenvalue weighted by atomic mass is 16.5. The summed E-state index contributed by atoms with van der Waals surface area (Å²) >= 11 is 0. The predicted molar refractivity (Wildman–Crippen MR) is 108 cm³/mol. The Labute approximate surface area is 175 Å². The normalized spacial score (nSPS) is 24.5. The van der Waals surface area contributed by atoms with Crippen LogP contribution >= 0.6 is 0 Å². The standard InChI is InChI=1S/C22H27N3O5/c26-21(24-28)16-6-7-17-13-25(22(27)23-18-8-10-29-11-9-18)19(14-30-20(17)12-16)15-4-2-1-3-5-15/h1-5,7,12,16,18-19,28H,6,8-11,13-14H2,(H,23,27)(H,24,26)/t16?,19-/m1/s1. The van der Waals surface area contributed by atoms with Gasteiger partial charge < -0.3 is 19.7 Å². The van der Waals surface area contributed by atoms with E-state index < -0.39 is 11.8 Å². The quantitative estimate of drug-likeness (QED) is 0.522. The Morgan fingerprint density at radius 1 is 1.13 bits per heavy atom. The number of hydroxylamine groups is 1. The maximum Gasteiger partial charge on any atom is 0.318 e. The van der Waals surface area contributed by atoms with Crippen molar-refractivity contribution >= 4 is 11.9 Å². The van der Waals surface area contributed by atoms with Crippen molar-refractivity contribution in [1.29, 1.82) is 0 Å². The fourth-order valence-electron chi connectivity index (χ4n) is 4.09. The van der Waals surface area contributed by atoms with Crippen LogP contribution in [-0.4, -0.2) is 54.5 Å². The van der Waals surface area contributed by atoms with E-state index in [4.69, 9.17) is 14.7 Å². The molecule has 0 aromatic heterocycles. The zero-order valence-electron chi connectivity index (χ0n) is 16.8. The van der Waals surface area contributed by atoms with E-state index in [0.717, 1.165) is 24.0 Å². The van der Waals surface area contributed by atoms with Gasteiger partial charge in [-0.05, 0) is 30.9 Å². The smallest absolute Gasteiger partial charge is 0.318 e. The lowest BCUT2D eigenvalue weighted by atomic mass is 9.94. The highest BCUT2D eigenvalue weighted by Crippen LogP contribution is 2.33. The van der Waals surface area contributed by atoms with Gasteiger partial charge in [0.15, 0.2) is 0 Å². The molecule has 1 aromatic rings. The molecule has 1 aromatic carbocycles. The van der Waals surface area contributed by atoms with Gasteiger partial charge in [-0.3, -0.25) is 10.0 Å². The molecule has 3 aliphatic rings. The minimum Gasteiger partial charge on any atom is -0.491 e. The van der Waals surface area contributed by atoms with Crippen LogP contribution in [0.3, 0.4) is 0 Å². The molecule has 2 fully saturated rings. The summed E-state index contributed by atoms with van der Waals surface area (Å²) in [5, 5.41) is 12.1. The van der Waals surface area contributed by atoms with E-state index in [1.807, 2.05) is 41.3 Å². The molecule has 2 aliphatic heterocycles. The molecule has 30 heavy (non-hydrogen) atoms. The summed E-state index contributed by atoms with van der Waals surface area (Å²) < 4.78 is 11.5. The van der Waals surface area contributed by atoms with Crippen LogP contribution in [0.1, 0.15) is 30.9 Å². The molecule has 3 N–H and O–H groups in total. The van der Waals surface area contributed by atoms with Gasteiger partial charge in [0, 0.05) is 24.8 Å². The second-order valence-corrected chi connectivity index (χ2v) is 7.78. The van der Waals surface area contributed by atoms with Crippen molar-refractivity contribution in [1.82, 2.24) is 15.7 Å². The molecule has 0 spiro atoms. The number of hydrogen-bond acceptors (Lipinski definition) is 5. The Bertz CT molecular complexity index is 832. The monoisotopic (exact) mass is 413 g/mol. The lowest BCUT2D eigenvalue weighted by Gasteiger charge is -2.32. The van der Waals surface area contributed by atoms with Crippen LogP contribution < -0.4 is 10.8 Å². The molecule has 160 valence electrons. The lowest BCUT2D eigenvalue weighted by Crippen LogP contribution is -2.48. The van der Waals surface area contributed by atoms with E-state index in [9.17, 15) is 9.59 Å². The highest BCUT2D eigenvalue weighted by molar-refractivity contribution is 5.80. The van der Waals surface area contributed by atoms with Gasteiger partial charge in [0.25, 0.3) is 5.91 Å². The number of rotatable bonds is 3. The lowest BCUT2D eigenvalue weighted by molar-refractivity contribution is -0.131. The molecule has 2 heterocycles. The van der Waals surface area contributed by atoms with E-state index in [1.165, 1.54) is 0 Å². The predicted octanol–water partition coefficient (Wildman–Crippen LogP) is 2.28. The first-order valence-corrected chi connectivity index (χ1v) is 10.3. The zero-order chi connectivity index (χ0) is 20.9. The van der Waals surface area contributed by atoms with E-state index >= 15 is 0 Å². The molecule has 4 rings (SSSR count). The maximum absolute atomic E-state index is 13.3. The van der Waals surface area contributed by atoms with Crippen molar-refractivity contribution in [3.8, 4) is 0 Å². The number of ether oxygens (including phenoxy) is 2. The van der Waals surface area contributed by atoms with Gasteiger partial charge in [-0.25, -0.2) is 10.3 Å². The molecule has 3 amide bonds. The molecule has 8 heteroatoms. The molecule has 0 saturated carbocycles. The third kappa shape index (κ3) is 4.49. The number of carbonyl (C=O) groups excluding carboxylic acids is 2. The van der Waals surface area contributed by atoms with E-state index in [2.05, 4.69) is 5.32 Å². The van der Waals surface area contributed by atoms with Crippen LogP contribution in [0.4, 0.5) is 4.79 Å². The fourth-order valence-corrected chi connectivity index (χ4v) is 4.09. The fraction of sp³-hybridized carbons (Fsp3) is 0.455. The number of urea groups is 1. The number of amides is 3. The SMILES string of the molecule is O=C(NO)C1C=C2OC[C@H](c3ccccc3)N(C(=O)NC3CCOCC3)CC2=CC1. The Morgan fingerprint density at radius 3 is 2.63 bits per heavy atom. The number of benzene rings is 1. The van der Waals surface area contributed by atoms with E-state index in [1.54, 1.807) is 11.6 Å². The van der Waals surface area contributed by atoms with Gasteiger partial charge in [-0.15, -0.1) is 0 Å². The van der Waals surface area contributed by atoms with Crippen molar-refractivity contribution in [3.05, 3.63) is 59.4 Å². The summed E-state index contributed by atoms with van der Waals surface area (Å²) in [7, 11) is 0. The second kappa shape index (κ2) is 9.32. The number of allylic oxidation sites excluding steroid dienone is 1. The number of carbonyl (C=O) groups is 2. The third-order valence-corrected chi connectivity index (χ3v) is 5.84. The summed E-state index contributed by atoms with van der Waals surface area (Å²) in [5.74, 6) is -0.372. The molecule has 0 bridgehead atoms. The number of hydrogen-bond donors (Lipinski definition) is 3. The topological polar surface area (TPSA) is 100 Å². The van der Waals surface area contributed by atoms with Crippen molar-refractivity contribution in [2.45, 2.75) is 31.3 Å². The molecule has 1 unspecified atom stereocenters. The van der Waals surface area contributed by atoms with Crippen molar-refractivity contribution in [3.63, 3.8) is 0 Å². The first-order valence-electron chi connectivity index (χ1n) is 10.3. The van der Waals surface area contributed by atoms with Gasteiger partial charge >= 0.3 is 6.03 Å². The van der Waals surface area contributed by atoms with Crippen LogP contribution in [0.25, 0.3) is 0 Å². The van der Waals surface area contributed by atoms with Gasteiger partial charge in [0.2, 0.25) is 0 Å². The Kier molecular flexibility index (Phi) is 6.35.